The molecule has 4 rings (SSSR count). The fourth-order valence-electron chi connectivity index (χ4n) is 3.95. The molecular weight excluding hydrogens is 348 g/mol. The van der Waals surface area contributed by atoms with Crippen molar-refractivity contribution < 1.29 is 14.4 Å². The SMILES string of the molecule is Cc1ccc(C)c(C(=O)CN2C(=O)N[C@]3(CCCc4sccc43)C2=O)c1. The van der Waals surface area contributed by atoms with Crippen LogP contribution in [0.25, 0.3) is 0 Å². The molecule has 1 atom stereocenters. The number of rotatable bonds is 3. The van der Waals surface area contributed by atoms with Gasteiger partial charge in [-0.1, -0.05) is 17.7 Å². The van der Waals surface area contributed by atoms with Crippen LogP contribution >= 0.6 is 11.3 Å². The Morgan fingerprint density at radius 3 is 2.88 bits per heavy atom. The molecule has 2 aromatic rings. The van der Waals surface area contributed by atoms with Crippen LogP contribution in [0.4, 0.5) is 4.79 Å². The summed E-state index contributed by atoms with van der Waals surface area (Å²) in [6.45, 7) is 3.55. The molecule has 2 aliphatic rings. The van der Waals surface area contributed by atoms with E-state index in [1.54, 1.807) is 11.3 Å². The Morgan fingerprint density at radius 2 is 2.08 bits per heavy atom. The number of fused-ring (bicyclic) bond motifs is 2. The summed E-state index contributed by atoms with van der Waals surface area (Å²) in [5.74, 6) is -0.520. The normalized spacial score (nSPS) is 21.8. The summed E-state index contributed by atoms with van der Waals surface area (Å²) < 4.78 is 0. The number of carbonyl (C=O) groups excluding carboxylic acids is 3. The summed E-state index contributed by atoms with van der Waals surface area (Å²) in [5, 5.41) is 4.85. The lowest BCUT2D eigenvalue weighted by Crippen LogP contribution is -2.46. The monoisotopic (exact) mass is 368 g/mol. The number of urea groups is 1. The number of aryl methyl sites for hydroxylation is 3. The average Bonchev–Trinajstić information content (AvgIpc) is 3.18. The third-order valence-corrected chi connectivity index (χ3v) is 6.31. The summed E-state index contributed by atoms with van der Waals surface area (Å²) in [6.07, 6.45) is 2.35. The van der Waals surface area contributed by atoms with Gasteiger partial charge in [0.15, 0.2) is 5.78 Å². The van der Waals surface area contributed by atoms with Gasteiger partial charge in [-0.25, -0.2) is 4.79 Å². The van der Waals surface area contributed by atoms with Gasteiger partial charge in [0.25, 0.3) is 5.91 Å². The number of ketones is 1. The van der Waals surface area contributed by atoms with Gasteiger partial charge in [0.2, 0.25) is 0 Å². The highest BCUT2D eigenvalue weighted by Gasteiger charge is 2.54. The number of hydrogen-bond acceptors (Lipinski definition) is 4. The van der Waals surface area contributed by atoms with Gasteiger partial charge >= 0.3 is 6.03 Å². The van der Waals surface area contributed by atoms with E-state index >= 15 is 0 Å². The fraction of sp³-hybridized carbons (Fsp3) is 0.350. The average molecular weight is 368 g/mol. The van der Waals surface area contributed by atoms with Crippen LogP contribution in [0, 0.1) is 13.8 Å². The lowest BCUT2D eigenvalue weighted by molar-refractivity contribution is -0.131. The molecule has 1 aliphatic heterocycles. The highest BCUT2D eigenvalue weighted by Crippen LogP contribution is 2.42. The smallest absolute Gasteiger partial charge is 0.319 e. The highest BCUT2D eigenvalue weighted by molar-refractivity contribution is 7.10. The summed E-state index contributed by atoms with van der Waals surface area (Å²) in [6, 6.07) is 7.08. The first-order valence-electron chi connectivity index (χ1n) is 8.74. The van der Waals surface area contributed by atoms with Crippen LogP contribution in [-0.4, -0.2) is 29.2 Å². The Hall–Kier alpha value is -2.47. The van der Waals surface area contributed by atoms with Crippen molar-refractivity contribution in [2.75, 3.05) is 6.54 Å². The van der Waals surface area contributed by atoms with Crippen molar-refractivity contribution in [1.82, 2.24) is 10.2 Å². The predicted molar refractivity (Wildman–Crippen MR) is 99.4 cm³/mol. The number of Topliss-reactive ketones (excluding diaryl/α,β-unsaturated/α-hetero) is 1. The summed E-state index contributed by atoms with van der Waals surface area (Å²) in [5.41, 5.74) is 2.29. The third-order valence-electron chi connectivity index (χ3n) is 5.33. The van der Waals surface area contributed by atoms with Crippen LogP contribution < -0.4 is 5.32 Å². The molecule has 0 bridgehead atoms. The van der Waals surface area contributed by atoms with Crippen molar-refractivity contribution in [2.45, 2.75) is 38.6 Å². The minimum atomic E-state index is -0.993. The minimum absolute atomic E-state index is 0.215. The fourth-order valence-corrected chi connectivity index (χ4v) is 4.95. The van der Waals surface area contributed by atoms with Gasteiger partial charge in [-0.05, 0) is 56.2 Å². The van der Waals surface area contributed by atoms with E-state index in [2.05, 4.69) is 5.32 Å². The molecule has 2 heterocycles. The number of benzene rings is 1. The van der Waals surface area contributed by atoms with E-state index in [0.29, 0.717) is 12.0 Å². The van der Waals surface area contributed by atoms with Crippen LogP contribution in [0.2, 0.25) is 0 Å². The molecule has 0 saturated carbocycles. The second kappa shape index (κ2) is 6.06. The second-order valence-electron chi connectivity index (χ2n) is 7.08. The first-order chi connectivity index (χ1) is 12.4. The van der Waals surface area contributed by atoms with E-state index < -0.39 is 11.6 Å². The van der Waals surface area contributed by atoms with E-state index in [-0.39, 0.29) is 18.2 Å². The van der Waals surface area contributed by atoms with Gasteiger partial charge in [-0.2, -0.15) is 0 Å². The zero-order chi connectivity index (χ0) is 18.5. The van der Waals surface area contributed by atoms with Crippen molar-refractivity contribution in [3.05, 3.63) is 56.8 Å². The van der Waals surface area contributed by atoms with Gasteiger partial charge in [-0.3, -0.25) is 14.5 Å². The van der Waals surface area contributed by atoms with Crippen molar-refractivity contribution in [3.8, 4) is 0 Å². The molecule has 5 nitrogen and oxygen atoms in total. The zero-order valence-corrected chi connectivity index (χ0v) is 15.6. The molecular formula is C20H20N2O3S. The molecule has 1 spiro atoms. The molecule has 1 aromatic heterocycles. The number of carbonyl (C=O) groups is 3. The molecule has 1 saturated heterocycles. The van der Waals surface area contributed by atoms with E-state index in [1.165, 1.54) is 0 Å². The molecule has 1 aromatic carbocycles. The van der Waals surface area contributed by atoms with Gasteiger partial charge in [0.05, 0.1) is 6.54 Å². The number of imide groups is 1. The first kappa shape index (κ1) is 17.0. The molecule has 26 heavy (non-hydrogen) atoms. The van der Waals surface area contributed by atoms with Crippen molar-refractivity contribution in [2.24, 2.45) is 0 Å². The summed E-state index contributed by atoms with van der Waals surface area (Å²) >= 11 is 1.62. The summed E-state index contributed by atoms with van der Waals surface area (Å²) in [4.78, 5) is 40.7. The number of hydrogen-bond donors (Lipinski definition) is 1. The van der Waals surface area contributed by atoms with Crippen LogP contribution in [0.1, 0.15) is 44.8 Å². The van der Waals surface area contributed by atoms with Crippen LogP contribution in [-0.2, 0) is 16.8 Å². The topological polar surface area (TPSA) is 66.5 Å². The zero-order valence-electron chi connectivity index (χ0n) is 14.8. The molecule has 0 radical (unpaired) electrons. The van der Waals surface area contributed by atoms with E-state index in [4.69, 9.17) is 0 Å². The quantitative estimate of drug-likeness (QED) is 0.667. The van der Waals surface area contributed by atoms with E-state index in [1.807, 2.05) is 43.5 Å². The number of nitrogens with zero attached hydrogens (tertiary/aromatic N) is 1. The second-order valence-corrected chi connectivity index (χ2v) is 8.08. The van der Waals surface area contributed by atoms with Crippen LogP contribution in [0.5, 0.6) is 0 Å². The van der Waals surface area contributed by atoms with Crippen molar-refractivity contribution >= 4 is 29.1 Å². The number of nitrogens with one attached hydrogen (secondary N) is 1. The molecule has 1 fully saturated rings. The maximum atomic E-state index is 13.2. The Morgan fingerprint density at radius 1 is 1.27 bits per heavy atom. The number of thiophene rings is 1. The Bertz CT molecular complexity index is 933. The predicted octanol–water partition coefficient (Wildman–Crippen LogP) is 3.33. The van der Waals surface area contributed by atoms with Gasteiger partial charge in [-0.15, -0.1) is 11.3 Å². The maximum Gasteiger partial charge on any atom is 0.325 e. The Kier molecular flexibility index (Phi) is 3.95. The van der Waals surface area contributed by atoms with E-state index in [0.717, 1.165) is 39.3 Å². The highest BCUT2D eigenvalue weighted by atomic mass is 32.1. The van der Waals surface area contributed by atoms with Crippen LogP contribution in [0.15, 0.2) is 29.6 Å². The lowest BCUT2D eigenvalue weighted by Gasteiger charge is -2.31. The minimum Gasteiger partial charge on any atom is -0.319 e. The molecule has 134 valence electrons. The third kappa shape index (κ3) is 2.48. The van der Waals surface area contributed by atoms with E-state index in [9.17, 15) is 14.4 Å². The Labute approximate surface area is 156 Å². The summed E-state index contributed by atoms with van der Waals surface area (Å²) in [7, 11) is 0. The largest absolute Gasteiger partial charge is 0.325 e. The van der Waals surface area contributed by atoms with Crippen molar-refractivity contribution in [3.63, 3.8) is 0 Å². The molecule has 1 aliphatic carbocycles. The van der Waals surface area contributed by atoms with Gasteiger partial charge < -0.3 is 5.32 Å². The molecule has 6 heteroatoms. The Balaban J connectivity index is 1.63. The van der Waals surface area contributed by atoms with Gasteiger partial charge in [0, 0.05) is 16.0 Å². The first-order valence-corrected chi connectivity index (χ1v) is 9.62. The van der Waals surface area contributed by atoms with Gasteiger partial charge in [0.1, 0.15) is 5.54 Å². The number of amides is 3. The standard InChI is InChI=1S/C20H20N2O3S/c1-12-5-6-13(2)14(10-12)16(23)11-22-18(24)20(21-19(22)25)8-3-4-17-15(20)7-9-26-17/h5-7,9-10H,3-4,8,11H2,1-2H3,(H,21,25)/t20-/m0/s1. The van der Waals surface area contributed by atoms with Crippen molar-refractivity contribution in [1.29, 1.82) is 0 Å². The van der Waals surface area contributed by atoms with Crippen LogP contribution in [0.3, 0.4) is 0 Å². The maximum absolute atomic E-state index is 13.2. The molecule has 3 amide bonds. The molecule has 1 N–H and O–H groups in total. The lowest BCUT2D eigenvalue weighted by atomic mass is 9.80. The molecule has 0 unspecified atom stereocenters.